The van der Waals surface area contributed by atoms with E-state index < -0.39 is 11.5 Å². The van der Waals surface area contributed by atoms with E-state index in [-0.39, 0.29) is 12.5 Å². The minimum Gasteiger partial charge on any atom is -0.497 e. The number of hydrogen-bond acceptors (Lipinski definition) is 4. The van der Waals surface area contributed by atoms with Gasteiger partial charge >= 0.3 is 5.97 Å². The molecule has 0 atom stereocenters. The highest BCUT2D eigenvalue weighted by molar-refractivity contribution is 6.01. The number of aliphatic carboxylic acids is 1. The second-order valence-electron chi connectivity index (χ2n) is 5.91. The van der Waals surface area contributed by atoms with Crippen LogP contribution < -0.4 is 14.8 Å². The summed E-state index contributed by atoms with van der Waals surface area (Å²) in [5.41, 5.74) is 0.0156. The van der Waals surface area contributed by atoms with Crippen molar-refractivity contribution < 1.29 is 24.2 Å². The summed E-state index contributed by atoms with van der Waals surface area (Å²) in [7, 11) is 1.57. The Morgan fingerprint density at radius 1 is 1.30 bits per heavy atom. The summed E-state index contributed by atoms with van der Waals surface area (Å²) in [5, 5.41) is 12.2. The van der Waals surface area contributed by atoms with Crippen LogP contribution in [0.5, 0.6) is 11.5 Å². The van der Waals surface area contributed by atoms with Gasteiger partial charge in [-0.2, -0.15) is 0 Å². The molecule has 6 heteroatoms. The van der Waals surface area contributed by atoms with Crippen LogP contribution in [0.3, 0.4) is 0 Å². The first kappa shape index (κ1) is 15.4. The number of rotatable bonds is 4. The van der Waals surface area contributed by atoms with Crippen molar-refractivity contribution in [2.24, 2.45) is 0 Å². The molecule has 1 saturated carbocycles. The van der Waals surface area contributed by atoms with Gasteiger partial charge in [-0.1, -0.05) is 12.8 Å². The van der Waals surface area contributed by atoms with Gasteiger partial charge in [-0.05, 0) is 37.1 Å². The Morgan fingerprint density at radius 2 is 2.04 bits per heavy atom. The highest BCUT2D eigenvalue weighted by Gasteiger charge is 2.43. The molecule has 122 valence electrons. The van der Waals surface area contributed by atoms with E-state index in [4.69, 9.17) is 9.47 Å². The average Bonchev–Trinajstić information content (AvgIpc) is 3.03. The van der Waals surface area contributed by atoms with Crippen molar-refractivity contribution in [2.45, 2.75) is 31.2 Å². The van der Waals surface area contributed by atoms with Crippen LogP contribution in [-0.4, -0.2) is 36.2 Å². The number of carboxylic acids is 1. The molecule has 1 aromatic rings. The molecule has 1 aromatic carbocycles. The predicted octanol–water partition coefficient (Wildman–Crippen LogP) is 1.98. The molecule has 1 aliphatic carbocycles. The third kappa shape index (κ3) is 2.88. The summed E-state index contributed by atoms with van der Waals surface area (Å²) in [4.78, 5) is 24.0. The summed E-state index contributed by atoms with van der Waals surface area (Å²) in [6.45, 7) is 0.126. The van der Waals surface area contributed by atoms with E-state index in [1.807, 2.05) is 0 Å². The van der Waals surface area contributed by atoms with Gasteiger partial charge in [0.2, 0.25) is 0 Å². The fraction of sp³-hybridized carbons (Fsp3) is 0.412. The molecule has 0 radical (unpaired) electrons. The highest BCUT2D eigenvalue weighted by Crippen LogP contribution is 2.32. The maximum absolute atomic E-state index is 12.5. The van der Waals surface area contributed by atoms with Crippen molar-refractivity contribution in [3.8, 4) is 11.5 Å². The Hall–Kier alpha value is -2.50. The standard InChI is InChI=1S/C17H19NO5/c1-22-13-4-5-14-11(9-13)8-12(10-23-14)15(19)18-17(16(20)21)6-2-3-7-17/h4-5,8-9H,2-3,6-7,10H2,1H3,(H,18,19)(H,20,21). The summed E-state index contributed by atoms with van der Waals surface area (Å²) >= 11 is 0. The predicted molar refractivity (Wildman–Crippen MR) is 83.4 cm³/mol. The van der Waals surface area contributed by atoms with Gasteiger partial charge in [0.1, 0.15) is 23.6 Å². The molecule has 0 bridgehead atoms. The summed E-state index contributed by atoms with van der Waals surface area (Å²) in [5.74, 6) is -0.00950. The van der Waals surface area contributed by atoms with Crippen molar-refractivity contribution in [3.63, 3.8) is 0 Å². The van der Waals surface area contributed by atoms with E-state index in [1.54, 1.807) is 31.4 Å². The number of fused-ring (bicyclic) bond motifs is 1. The van der Waals surface area contributed by atoms with Crippen molar-refractivity contribution in [1.29, 1.82) is 0 Å². The topological polar surface area (TPSA) is 84.9 Å². The van der Waals surface area contributed by atoms with E-state index in [1.165, 1.54) is 0 Å². The lowest BCUT2D eigenvalue weighted by Gasteiger charge is -2.27. The number of carbonyl (C=O) groups is 2. The van der Waals surface area contributed by atoms with Crippen LogP contribution in [-0.2, 0) is 9.59 Å². The van der Waals surface area contributed by atoms with Gasteiger partial charge in [-0.3, -0.25) is 4.79 Å². The minimum atomic E-state index is -1.15. The monoisotopic (exact) mass is 317 g/mol. The van der Waals surface area contributed by atoms with Gasteiger partial charge in [0.15, 0.2) is 0 Å². The van der Waals surface area contributed by atoms with Crippen LogP contribution in [0.15, 0.2) is 23.8 Å². The van der Waals surface area contributed by atoms with Crippen LogP contribution in [0.4, 0.5) is 0 Å². The maximum Gasteiger partial charge on any atom is 0.329 e. The number of methoxy groups -OCH3 is 1. The smallest absolute Gasteiger partial charge is 0.329 e. The van der Waals surface area contributed by atoms with Gasteiger partial charge in [0, 0.05) is 5.56 Å². The third-order valence-electron chi connectivity index (χ3n) is 4.44. The fourth-order valence-electron chi connectivity index (χ4n) is 3.08. The van der Waals surface area contributed by atoms with Gasteiger partial charge in [0.25, 0.3) is 5.91 Å². The van der Waals surface area contributed by atoms with Crippen LogP contribution in [0, 0.1) is 0 Å². The zero-order valence-electron chi connectivity index (χ0n) is 12.9. The van der Waals surface area contributed by atoms with Gasteiger partial charge in [-0.25, -0.2) is 4.79 Å². The average molecular weight is 317 g/mol. The first-order chi connectivity index (χ1) is 11.0. The van der Waals surface area contributed by atoms with Crippen molar-refractivity contribution in [1.82, 2.24) is 5.32 Å². The molecule has 0 aromatic heterocycles. The van der Waals surface area contributed by atoms with E-state index in [0.717, 1.165) is 18.4 Å². The number of carboxylic acid groups (broad SMARTS) is 1. The van der Waals surface area contributed by atoms with Crippen LogP contribution >= 0.6 is 0 Å². The zero-order valence-corrected chi connectivity index (χ0v) is 12.9. The first-order valence-corrected chi connectivity index (χ1v) is 7.61. The lowest BCUT2D eigenvalue weighted by atomic mass is 9.96. The second kappa shape index (κ2) is 5.95. The number of nitrogens with one attached hydrogen (secondary N) is 1. The Labute approximate surface area is 134 Å². The Bertz CT molecular complexity index is 674. The normalized spacial score (nSPS) is 18.4. The molecule has 0 unspecified atom stereocenters. The van der Waals surface area contributed by atoms with Gasteiger partial charge in [0.05, 0.1) is 12.7 Å². The summed E-state index contributed by atoms with van der Waals surface area (Å²) < 4.78 is 10.8. The van der Waals surface area contributed by atoms with E-state index in [0.29, 0.717) is 29.9 Å². The molecule has 0 saturated heterocycles. The number of ether oxygens (including phenoxy) is 2. The number of benzene rings is 1. The minimum absolute atomic E-state index is 0.126. The molecular formula is C17H19NO5. The molecule has 2 N–H and O–H groups in total. The van der Waals surface area contributed by atoms with Crippen molar-refractivity contribution >= 4 is 18.0 Å². The Morgan fingerprint density at radius 3 is 2.70 bits per heavy atom. The lowest BCUT2D eigenvalue weighted by molar-refractivity contribution is -0.146. The molecule has 2 aliphatic rings. The maximum atomic E-state index is 12.5. The van der Waals surface area contributed by atoms with E-state index in [2.05, 4.69) is 5.32 Å². The van der Waals surface area contributed by atoms with Gasteiger partial charge < -0.3 is 19.9 Å². The molecule has 6 nitrogen and oxygen atoms in total. The third-order valence-corrected chi connectivity index (χ3v) is 4.44. The largest absolute Gasteiger partial charge is 0.497 e. The molecule has 23 heavy (non-hydrogen) atoms. The van der Waals surface area contributed by atoms with Crippen molar-refractivity contribution in [2.75, 3.05) is 13.7 Å². The van der Waals surface area contributed by atoms with Crippen LogP contribution in [0.25, 0.3) is 6.08 Å². The first-order valence-electron chi connectivity index (χ1n) is 7.61. The SMILES string of the molecule is COc1ccc2c(c1)C=C(C(=O)NC1(C(=O)O)CCCC1)CO2. The molecule has 1 aliphatic heterocycles. The number of amides is 1. The van der Waals surface area contributed by atoms with Crippen LogP contribution in [0.1, 0.15) is 31.2 Å². The van der Waals surface area contributed by atoms with E-state index >= 15 is 0 Å². The molecule has 0 spiro atoms. The lowest BCUT2D eigenvalue weighted by Crippen LogP contribution is -2.53. The van der Waals surface area contributed by atoms with Crippen LogP contribution in [0.2, 0.25) is 0 Å². The quantitative estimate of drug-likeness (QED) is 0.887. The fourth-order valence-corrected chi connectivity index (χ4v) is 3.08. The summed E-state index contributed by atoms with van der Waals surface area (Å²) in [6.07, 6.45) is 4.27. The molecule has 1 fully saturated rings. The zero-order chi connectivity index (χ0) is 16.4. The molecule has 1 heterocycles. The highest BCUT2D eigenvalue weighted by atomic mass is 16.5. The van der Waals surface area contributed by atoms with Gasteiger partial charge in [-0.15, -0.1) is 0 Å². The molecule has 1 amide bonds. The van der Waals surface area contributed by atoms with Crippen molar-refractivity contribution in [3.05, 3.63) is 29.3 Å². The number of carbonyl (C=O) groups excluding carboxylic acids is 1. The summed E-state index contributed by atoms with van der Waals surface area (Å²) in [6, 6.07) is 5.36. The Kier molecular flexibility index (Phi) is 3.98. The molecular weight excluding hydrogens is 298 g/mol. The van der Waals surface area contributed by atoms with E-state index in [9.17, 15) is 14.7 Å². The second-order valence-corrected chi connectivity index (χ2v) is 5.91. The number of hydrogen-bond donors (Lipinski definition) is 2. The molecule has 3 rings (SSSR count). The Balaban J connectivity index is 1.82.